The molecule has 1 saturated heterocycles. The third-order valence-corrected chi connectivity index (χ3v) is 5.42. The number of carbonyl (C=O) groups excluding carboxylic acids is 1. The summed E-state index contributed by atoms with van der Waals surface area (Å²) in [5, 5.41) is 0.602. The fourth-order valence-electron chi connectivity index (χ4n) is 2.29. The van der Waals surface area contributed by atoms with Crippen LogP contribution in [0.3, 0.4) is 0 Å². The highest BCUT2D eigenvalue weighted by atomic mass is 35.5. The van der Waals surface area contributed by atoms with E-state index in [4.69, 9.17) is 27.9 Å². The zero-order valence-corrected chi connectivity index (χ0v) is 15.0. The number of hydrogen-bond acceptors (Lipinski definition) is 4. The Morgan fingerprint density at radius 3 is 2.48 bits per heavy atom. The average Bonchev–Trinajstić information content (AvgIpc) is 2.50. The Hall–Kier alpha value is -1.02. The standard InChI is InChI=1S/C14H18Cl2N2O4S/c1-23(20,21)18(11-2-3-12(15)13(16)10-11)5-4-14(19)17-6-8-22-9-7-17/h2-3,10H,4-9H2,1H3. The molecule has 128 valence electrons. The molecule has 6 nitrogen and oxygen atoms in total. The van der Waals surface area contributed by atoms with Gasteiger partial charge < -0.3 is 9.64 Å². The highest BCUT2D eigenvalue weighted by Gasteiger charge is 2.22. The van der Waals surface area contributed by atoms with Gasteiger partial charge in [-0.15, -0.1) is 0 Å². The Balaban J connectivity index is 2.10. The van der Waals surface area contributed by atoms with Gasteiger partial charge in [-0.3, -0.25) is 9.10 Å². The second-order valence-electron chi connectivity index (χ2n) is 5.18. The van der Waals surface area contributed by atoms with E-state index >= 15 is 0 Å². The Labute approximate surface area is 146 Å². The lowest BCUT2D eigenvalue weighted by molar-refractivity contribution is -0.134. The van der Waals surface area contributed by atoms with Gasteiger partial charge in [-0.2, -0.15) is 0 Å². The quantitative estimate of drug-likeness (QED) is 0.783. The lowest BCUT2D eigenvalue weighted by Gasteiger charge is -2.28. The summed E-state index contributed by atoms with van der Waals surface area (Å²) in [5.74, 6) is -0.0954. The van der Waals surface area contributed by atoms with Crippen LogP contribution in [-0.4, -0.2) is 58.3 Å². The zero-order chi connectivity index (χ0) is 17.0. The highest BCUT2D eigenvalue weighted by Crippen LogP contribution is 2.28. The van der Waals surface area contributed by atoms with E-state index in [2.05, 4.69) is 0 Å². The van der Waals surface area contributed by atoms with Gasteiger partial charge in [-0.25, -0.2) is 8.42 Å². The number of nitrogens with zero attached hydrogens (tertiary/aromatic N) is 2. The summed E-state index contributed by atoms with van der Waals surface area (Å²) >= 11 is 11.8. The molecule has 1 heterocycles. The van der Waals surface area contributed by atoms with E-state index in [1.54, 1.807) is 11.0 Å². The smallest absolute Gasteiger partial charge is 0.232 e. The van der Waals surface area contributed by atoms with Crippen molar-refractivity contribution in [3.8, 4) is 0 Å². The van der Waals surface area contributed by atoms with Crippen LogP contribution in [-0.2, 0) is 19.6 Å². The second-order valence-corrected chi connectivity index (χ2v) is 7.90. The minimum Gasteiger partial charge on any atom is -0.378 e. The molecule has 2 rings (SSSR count). The van der Waals surface area contributed by atoms with E-state index in [0.29, 0.717) is 37.0 Å². The van der Waals surface area contributed by atoms with E-state index in [1.807, 2.05) is 0 Å². The number of benzene rings is 1. The molecule has 0 unspecified atom stereocenters. The molecule has 0 atom stereocenters. The van der Waals surface area contributed by atoms with Gasteiger partial charge in [0, 0.05) is 26.1 Å². The molecule has 9 heteroatoms. The molecule has 1 aliphatic rings. The first kappa shape index (κ1) is 18.3. The molecule has 1 aromatic rings. The van der Waals surface area contributed by atoms with Crippen molar-refractivity contribution in [3.63, 3.8) is 0 Å². The van der Waals surface area contributed by atoms with Crippen molar-refractivity contribution in [3.05, 3.63) is 28.2 Å². The van der Waals surface area contributed by atoms with Crippen molar-refractivity contribution >= 4 is 44.8 Å². The van der Waals surface area contributed by atoms with Crippen molar-refractivity contribution in [1.82, 2.24) is 4.90 Å². The molecule has 1 amide bonds. The first-order chi connectivity index (χ1) is 10.8. The molecule has 0 N–H and O–H groups in total. The summed E-state index contributed by atoms with van der Waals surface area (Å²) in [7, 11) is -3.54. The number of amides is 1. The Morgan fingerprint density at radius 1 is 1.26 bits per heavy atom. The van der Waals surface area contributed by atoms with E-state index < -0.39 is 10.0 Å². The van der Waals surface area contributed by atoms with Gasteiger partial charge in [0.1, 0.15) is 0 Å². The largest absolute Gasteiger partial charge is 0.378 e. The van der Waals surface area contributed by atoms with Crippen LogP contribution in [0.25, 0.3) is 0 Å². The molecule has 0 radical (unpaired) electrons. The number of carbonyl (C=O) groups is 1. The molecule has 0 saturated carbocycles. The maximum absolute atomic E-state index is 12.2. The first-order valence-corrected chi connectivity index (χ1v) is 9.68. The molecule has 0 bridgehead atoms. The first-order valence-electron chi connectivity index (χ1n) is 7.07. The summed E-state index contributed by atoms with van der Waals surface area (Å²) in [6.07, 6.45) is 1.18. The Kier molecular flexibility index (Phi) is 6.13. The van der Waals surface area contributed by atoms with Crippen LogP contribution in [0.2, 0.25) is 10.0 Å². The van der Waals surface area contributed by atoms with E-state index in [1.165, 1.54) is 12.1 Å². The second kappa shape index (κ2) is 7.70. The van der Waals surface area contributed by atoms with Crippen molar-refractivity contribution in [2.45, 2.75) is 6.42 Å². The van der Waals surface area contributed by atoms with Crippen molar-refractivity contribution in [2.24, 2.45) is 0 Å². The zero-order valence-electron chi connectivity index (χ0n) is 12.7. The van der Waals surface area contributed by atoms with Crippen LogP contribution in [0.4, 0.5) is 5.69 Å². The molecule has 0 spiro atoms. The minimum absolute atomic E-state index is 0.0486. The summed E-state index contributed by atoms with van der Waals surface area (Å²) in [5.41, 5.74) is 0.386. The van der Waals surface area contributed by atoms with Crippen LogP contribution < -0.4 is 4.31 Å². The molecule has 1 aromatic carbocycles. The molecular formula is C14H18Cl2N2O4S. The summed E-state index contributed by atoms with van der Waals surface area (Å²) in [6.45, 7) is 2.13. The third kappa shape index (κ3) is 4.97. The Morgan fingerprint density at radius 2 is 1.91 bits per heavy atom. The van der Waals surface area contributed by atoms with Crippen molar-refractivity contribution in [2.75, 3.05) is 43.4 Å². The molecule has 23 heavy (non-hydrogen) atoms. The maximum atomic E-state index is 12.2. The highest BCUT2D eigenvalue weighted by molar-refractivity contribution is 7.92. The number of halogens is 2. The third-order valence-electron chi connectivity index (χ3n) is 3.48. The van der Waals surface area contributed by atoms with E-state index in [0.717, 1.165) is 10.6 Å². The summed E-state index contributed by atoms with van der Waals surface area (Å²) in [4.78, 5) is 13.9. The van der Waals surface area contributed by atoms with E-state index in [-0.39, 0.29) is 23.9 Å². The maximum Gasteiger partial charge on any atom is 0.232 e. The van der Waals surface area contributed by atoms with Gasteiger partial charge in [0.05, 0.1) is 35.2 Å². The number of sulfonamides is 1. The molecule has 1 aliphatic heterocycles. The fourth-order valence-corrected chi connectivity index (χ4v) is 3.51. The summed E-state index contributed by atoms with van der Waals surface area (Å²) in [6, 6.07) is 4.57. The number of anilines is 1. The lowest BCUT2D eigenvalue weighted by atomic mass is 10.3. The van der Waals surface area contributed by atoms with Gasteiger partial charge in [0.2, 0.25) is 15.9 Å². The van der Waals surface area contributed by atoms with Gasteiger partial charge in [0.25, 0.3) is 0 Å². The molecule has 0 aromatic heterocycles. The predicted molar refractivity (Wildman–Crippen MR) is 90.7 cm³/mol. The predicted octanol–water partition coefficient (Wildman–Crippen LogP) is 2.01. The van der Waals surface area contributed by atoms with Gasteiger partial charge in [-0.05, 0) is 18.2 Å². The molecule has 1 fully saturated rings. The molecule has 0 aliphatic carbocycles. The minimum atomic E-state index is -3.54. The topological polar surface area (TPSA) is 66.9 Å². The van der Waals surface area contributed by atoms with Crippen molar-refractivity contribution < 1.29 is 17.9 Å². The molecular weight excluding hydrogens is 363 g/mol. The monoisotopic (exact) mass is 380 g/mol. The Bertz CT molecular complexity index is 675. The van der Waals surface area contributed by atoms with Gasteiger partial charge in [0.15, 0.2) is 0 Å². The number of rotatable bonds is 5. The van der Waals surface area contributed by atoms with Gasteiger partial charge in [-0.1, -0.05) is 23.2 Å². The van der Waals surface area contributed by atoms with Crippen molar-refractivity contribution in [1.29, 1.82) is 0 Å². The van der Waals surface area contributed by atoms with Crippen LogP contribution >= 0.6 is 23.2 Å². The van der Waals surface area contributed by atoms with Crippen LogP contribution in [0.1, 0.15) is 6.42 Å². The van der Waals surface area contributed by atoms with E-state index in [9.17, 15) is 13.2 Å². The van der Waals surface area contributed by atoms with Crippen LogP contribution in [0.5, 0.6) is 0 Å². The number of hydrogen-bond donors (Lipinski definition) is 0. The average molecular weight is 381 g/mol. The lowest BCUT2D eigenvalue weighted by Crippen LogP contribution is -2.42. The van der Waals surface area contributed by atoms with Crippen LogP contribution in [0.15, 0.2) is 18.2 Å². The summed E-state index contributed by atoms with van der Waals surface area (Å²) < 4.78 is 30.4. The number of ether oxygens (including phenoxy) is 1. The van der Waals surface area contributed by atoms with Crippen LogP contribution in [0, 0.1) is 0 Å². The SMILES string of the molecule is CS(=O)(=O)N(CCC(=O)N1CCOCC1)c1ccc(Cl)c(Cl)c1. The van der Waals surface area contributed by atoms with Gasteiger partial charge >= 0.3 is 0 Å². The fraction of sp³-hybridized carbons (Fsp3) is 0.500. The normalized spacial score (nSPS) is 15.5. The number of morpholine rings is 1.